The zero-order valence-corrected chi connectivity index (χ0v) is 14.9. The molecule has 26 heavy (non-hydrogen) atoms. The molecule has 1 amide bonds. The molecule has 0 saturated carbocycles. The summed E-state index contributed by atoms with van der Waals surface area (Å²) in [6.07, 6.45) is 0.883. The number of para-hydroxylation sites is 1. The Labute approximate surface area is 153 Å². The molecule has 136 valence electrons. The smallest absolute Gasteiger partial charge is 0.257 e. The monoisotopic (exact) mass is 352 g/mol. The lowest BCUT2D eigenvalue weighted by Gasteiger charge is -2.35. The number of aliphatic hydroxyl groups excluding tert-OH is 1. The number of amides is 1. The molecular weight excluding hydrogens is 328 g/mol. The Morgan fingerprint density at radius 2 is 1.77 bits per heavy atom. The van der Waals surface area contributed by atoms with E-state index in [-0.39, 0.29) is 12.5 Å². The maximum atomic E-state index is 12.9. The second-order valence-electron chi connectivity index (χ2n) is 6.89. The summed E-state index contributed by atoms with van der Waals surface area (Å²) < 4.78 is 5.69. The fourth-order valence-corrected chi connectivity index (χ4v) is 3.77. The van der Waals surface area contributed by atoms with Crippen LogP contribution in [0.25, 0.3) is 0 Å². The number of nitrogens with zero attached hydrogens (tertiary/aromatic N) is 2. The number of hydrogen-bond donors (Lipinski definition) is 1. The van der Waals surface area contributed by atoms with Gasteiger partial charge in [0.05, 0.1) is 18.8 Å². The SMILES string of the molecule is O=C(c1cccc2c1OCC2)N1CCN(Cc2ccccc2CO)CC1. The molecule has 2 aliphatic heterocycles. The molecule has 1 fully saturated rings. The van der Waals surface area contributed by atoms with Crippen molar-refractivity contribution in [3.8, 4) is 5.75 Å². The standard InChI is InChI=1S/C21H24N2O3/c24-15-18-5-2-1-4-17(18)14-22-9-11-23(12-10-22)21(25)19-7-3-6-16-8-13-26-20(16)19/h1-7,24H,8-15H2. The van der Waals surface area contributed by atoms with Crippen molar-refractivity contribution in [2.75, 3.05) is 32.8 Å². The van der Waals surface area contributed by atoms with E-state index in [0.29, 0.717) is 25.3 Å². The predicted molar refractivity (Wildman–Crippen MR) is 99.2 cm³/mol. The van der Waals surface area contributed by atoms with E-state index in [4.69, 9.17) is 4.74 Å². The van der Waals surface area contributed by atoms with Crippen LogP contribution in [0.2, 0.25) is 0 Å². The van der Waals surface area contributed by atoms with Gasteiger partial charge in [-0.25, -0.2) is 0 Å². The number of piperazine rings is 1. The van der Waals surface area contributed by atoms with Gasteiger partial charge in [0.2, 0.25) is 0 Å². The summed E-state index contributed by atoms with van der Waals surface area (Å²) in [5, 5.41) is 9.48. The zero-order valence-electron chi connectivity index (χ0n) is 14.9. The van der Waals surface area contributed by atoms with Gasteiger partial charge in [-0.15, -0.1) is 0 Å². The number of benzene rings is 2. The van der Waals surface area contributed by atoms with Crippen molar-refractivity contribution in [1.82, 2.24) is 9.80 Å². The molecular formula is C21H24N2O3. The van der Waals surface area contributed by atoms with Crippen molar-refractivity contribution in [2.24, 2.45) is 0 Å². The van der Waals surface area contributed by atoms with Crippen molar-refractivity contribution in [1.29, 1.82) is 0 Å². The van der Waals surface area contributed by atoms with Crippen LogP contribution in [0.3, 0.4) is 0 Å². The number of fused-ring (bicyclic) bond motifs is 1. The van der Waals surface area contributed by atoms with Crippen LogP contribution >= 0.6 is 0 Å². The molecule has 0 bridgehead atoms. The van der Waals surface area contributed by atoms with Crippen molar-refractivity contribution in [3.05, 3.63) is 64.7 Å². The van der Waals surface area contributed by atoms with E-state index in [9.17, 15) is 9.90 Å². The molecule has 0 aromatic heterocycles. The fraction of sp³-hybridized carbons (Fsp3) is 0.381. The van der Waals surface area contributed by atoms with Gasteiger partial charge in [-0.2, -0.15) is 0 Å². The highest BCUT2D eigenvalue weighted by Gasteiger charge is 2.27. The number of ether oxygens (including phenoxy) is 1. The first-order valence-corrected chi connectivity index (χ1v) is 9.20. The highest BCUT2D eigenvalue weighted by molar-refractivity contribution is 5.97. The summed E-state index contributed by atoms with van der Waals surface area (Å²) >= 11 is 0. The average Bonchev–Trinajstić information content (AvgIpc) is 3.17. The van der Waals surface area contributed by atoms with Crippen LogP contribution < -0.4 is 4.74 Å². The van der Waals surface area contributed by atoms with Crippen LogP contribution in [0.5, 0.6) is 5.75 Å². The quantitative estimate of drug-likeness (QED) is 0.915. The molecule has 0 atom stereocenters. The molecule has 0 radical (unpaired) electrons. The van der Waals surface area contributed by atoms with E-state index < -0.39 is 0 Å². The normalized spacial score (nSPS) is 17.0. The molecule has 1 N–H and O–H groups in total. The minimum Gasteiger partial charge on any atom is -0.492 e. The molecule has 2 aromatic rings. The second kappa shape index (κ2) is 7.48. The first kappa shape index (κ1) is 17.1. The summed E-state index contributed by atoms with van der Waals surface area (Å²) in [5.74, 6) is 0.843. The Morgan fingerprint density at radius 3 is 2.54 bits per heavy atom. The molecule has 0 spiro atoms. The first-order valence-electron chi connectivity index (χ1n) is 9.20. The van der Waals surface area contributed by atoms with Gasteiger partial charge in [0, 0.05) is 39.1 Å². The summed E-state index contributed by atoms with van der Waals surface area (Å²) in [7, 11) is 0. The third-order valence-electron chi connectivity index (χ3n) is 5.29. The number of hydrogen-bond acceptors (Lipinski definition) is 4. The van der Waals surface area contributed by atoms with E-state index in [2.05, 4.69) is 11.0 Å². The number of aliphatic hydroxyl groups is 1. The van der Waals surface area contributed by atoms with Crippen molar-refractivity contribution in [3.63, 3.8) is 0 Å². The Morgan fingerprint density at radius 1 is 1.00 bits per heavy atom. The Kier molecular flexibility index (Phi) is 4.91. The highest BCUT2D eigenvalue weighted by atomic mass is 16.5. The van der Waals surface area contributed by atoms with Crippen molar-refractivity contribution < 1.29 is 14.6 Å². The zero-order chi connectivity index (χ0) is 17.9. The molecule has 0 unspecified atom stereocenters. The van der Waals surface area contributed by atoms with E-state index in [0.717, 1.165) is 48.5 Å². The molecule has 0 aliphatic carbocycles. The largest absolute Gasteiger partial charge is 0.492 e. The first-order chi connectivity index (χ1) is 12.8. The van der Waals surface area contributed by atoms with Gasteiger partial charge in [0.1, 0.15) is 5.75 Å². The Balaban J connectivity index is 1.39. The van der Waals surface area contributed by atoms with E-state index in [1.165, 1.54) is 0 Å². The molecule has 2 aromatic carbocycles. The second-order valence-corrected chi connectivity index (χ2v) is 6.89. The maximum absolute atomic E-state index is 12.9. The van der Waals surface area contributed by atoms with Gasteiger partial charge in [0.25, 0.3) is 5.91 Å². The minimum absolute atomic E-state index is 0.0632. The average molecular weight is 352 g/mol. The number of carbonyl (C=O) groups is 1. The highest BCUT2D eigenvalue weighted by Crippen LogP contribution is 2.30. The van der Waals surface area contributed by atoms with E-state index >= 15 is 0 Å². The van der Waals surface area contributed by atoms with Gasteiger partial charge in [-0.3, -0.25) is 9.69 Å². The number of rotatable bonds is 4. The Bertz CT molecular complexity index is 798. The van der Waals surface area contributed by atoms with Crippen LogP contribution in [-0.4, -0.2) is 53.6 Å². The molecule has 1 saturated heterocycles. The predicted octanol–water partition coefficient (Wildman–Crippen LogP) is 2.07. The summed E-state index contributed by atoms with van der Waals surface area (Å²) in [4.78, 5) is 17.2. The van der Waals surface area contributed by atoms with Gasteiger partial charge in [-0.1, -0.05) is 36.4 Å². The molecule has 5 heteroatoms. The van der Waals surface area contributed by atoms with Gasteiger partial charge >= 0.3 is 0 Å². The lowest BCUT2D eigenvalue weighted by molar-refractivity contribution is 0.0624. The van der Waals surface area contributed by atoms with Crippen LogP contribution in [0, 0.1) is 0 Å². The Hall–Kier alpha value is -2.37. The van der Waals surface area contributed by atoms with Crippen molar-refractivity contribution >= 4 is 5.91 Å². The summed E-state index contributed by atoms with van der Waals surface area (Å²) in [6.45, 7) is 4.63. The fourth-order valence-electron chi connectivity index (χ4n) is 3.77. The van der Waals surface area contributed by atoms with E-state index in [1.54, 1.807) is 0 Å². The minimum atomic E-state index is 0.0632. The van der Waals surface area contributed by atoms with E-state index in [1.807, 2.05) is 41.3 Å². The summed E-state index contributed by atoms with van der Waals surface area (Å²) in [6, 6.07) is 13.8. The van der Waals surface area contributed by atoms with Gasteiger partial charge in [0.15, 0.2) is 0 Å². The summed E-state index contributed by atoms with van der Waals surface area (Å²) in [5.41, 5.74) is 3.96. The molecule has 4 rings (SSSR count). The third kappa shape index (κ3) is 3.32. The van der Waals surface area contributed by atoms with Crippen LogP contribution in [0.1, 0.15) is 27.0 Å². The topological polar surface area (TPSA) is 53.0 Å². The number of carbonyl (C=O) groups excluding carboxylic acids is 1. The molecule has 2 heterocycles. The molecule has 2 aliphatic rings. The maximum Gasteiger partial charge on any atom is 0.257 e. The molecule has 5 nitrogen and oxygen atoms in total. The van der Waals surface area contributed by atoms with Gasteiger partial charge in [-0.05, 0) is 22.8 Å². The van der Waals surface area contributed by atoms with Crippen LogP contribution in [0.15, 0.2) is 42.5 Å². The lowest BCUT2D eigenvalue weighted by Crippen LogP contribution is -2.48. The van der Waals surface area contributed by atoms with Crippen LogP contribution in [-0.2, 0) is 19.6 Å². The van der Waals surface area contributed by atoms with Crippen molar-refractivity contribution in [2.45, 2.75) is 19.6 Å². The van der Waals surface area contributed by atoms with Crippen LogP contribution in [0.4, 0.5) is 0 Å². The third-order valence-corrected chi connectivity index (χ3v) is 5.29. The van der Waals surface area contributed by atoms with Gasteiger partial charge < -0.3 is 14.7 Å². The lowest BCUT2D eigenvalue weighted by atomic mass is 10.1.